The lowest BCUT2D eigenvalue weighted by Crippen LogP contribution is -2.43. The zero-order valence-electron chi connectivity index (χ0n) is 17.4. The maximum atomic E-state index is 13.0. The molecule has 1 unspecified atom stereocenters. The highest BCUT2D eigenvalue weighted by molar-refractivity contribution is 6.01. The summed E-state index contributed by atoms with van der Waals surface area (Å²) in [5.41, 5.74) is 4.02. The standard InChI is InChI=1S/C26H28N2O2/c1-2-18-28-25(27-24-13-7-6-12-23(24)26(28)29)21-14-16-22(17-15-21)30-19-8-11-20-9-4-3-5-10-20/h3-7,9-10,12-17,25,27H,2,8,11,18-19H2,1H3. The second-order valence-corrected chi connectivity index (χ2v) is 7.60. The maximum absolute atomic E-state index is 13.0. The lowest BCUT2D eigenvalue weighted by Gasteiger charge is -2.38. The average Bonchev–Trinajstić information content (AvgIpc) is 2.80. The molecule has 1 N–H and O–H groups in total. The van der Waals surface area contributed by atoms with E-state index in [0.717, 1.165) is 41.8 Å². The first-order valence-electron chi connectivity index (χ1n) is 10.7. The number of ether oxygens (including phenoxy) is 1. The van der Waals surface area contributed by atoms with Crippen molar-refractivity contribution in [1.82, 2.24) is 4.90 Å². The van der Waals surface area contributed by atoms with Crippen LogP contribution in [0.2, 0.25) is 0 Å². The molecule has 0 aromatic heterocycles. The molecular weight excluding hydrogens is 372 g/mol. The molecule has 30 heavy (non-hydrogen) atoms. The minimum Gasteiger partial charge on any atom is -0.494 e. The van der Waals surface area contributed by atoms with Crippen LogP contribution in [0.5, 0.6) is 5.75 Å². The highest BCUT2D eigenvalue weighted by atomic mass is 16.5. The van der Waals surface area contributed by atoms with Crippen molar-refractivity contribution in [3.8, 4) is 5.75 Å². The number of nitrogens with zero attached hydrogens (tertiary/aromatic N) is 1. The van der Waals surface area contributed by atoms with Gasteiger partial charge >= 0.3 is 0 Å². The smallest absolute Gasteiger partial charge is 0.257 e. The van der Waals surface area contributed by atoms with Crippen molar-refractivity contribution in [3.63, 3.8) is 0 Å². The third kappa shape index (κ3) is 4.48. The molecule has 0 bridgehead atoms. The summed E-state index contributed by atoms with van der Waals surface area (Å²) in [6, 6.07) is 26.3. The molecule has 154 valence electrons. The first-order chi connectivity index (χ1) is 14.8. The second kappa shape index (κ2) is 9.49. The molecule has 3 aromatic carbocycles. The van der Waals surface area contributed by atoms with E-state index in [2.05, 4.69) is 36.5 Å². The van der Waals surface area contributed by atoms with Crippen LogP contribution in [-0.2, 0) is 6.42 Å². The number of nitrogens with one attached hydrogen (secondary N) is 1. The van der Waals surface area contributed by atoms with E-state index in [1.165, 1.54) is 5.56 Å². The van der Waals surface area contributed by atoms with Gasteiger partial charge in [0.1, 0.15) is 11.9 Å². The molecule has 0 radical (unpaired) electrons. The maximum Gasteiger partial charge on any atom is 0.257 e. The van der Waals surface area contributed by atoms with Crippen molar-refractivity contribution in [2.75, 3.05) is 18.5 Å². The van der Waals surface area contributed by atoms with E-state index in [0.29, 0.717) is 13.2 Å². The summed E-state index contributed by atoms with van der Waals surface area (Å²) >= 11 is 0. The molecule has 0 spiro atoms. The van der Waals surface area contributed by atoms with Gasteiger partial charge in [-0.05, 0) is 54.7 Å². The van der Waals surface area contributed by atoms with Crippen molar-refractivity contribution in [2.45, 2.75) is 32.4 Å². The molecule has 1 atom stereocenters. The van der Waals surface area contributed by atoms with Gasteiger partial charge in [0.15, 0.2) is 0 Å². The largest absolute Gasteiger partial charge is 0.494 e. The van der Waals surface area contributed by atoms with Gasteiger partial charge in [-0.3, -0.25) is 4.79 Å². The Labute approximate surface area is 178 Å². The molecule has 0 saturated heterocycles. The fourth-order valence-electron chi connectivity index (χ4n) is 3.88. The van der Waals surface area contributed by atoms with Gasteiger partial charge in [0.25, 0.3) is 5.91 Å². The molecule has 3 aromatic rings. The fourth-order valence-corrected chi connectivity index (χ4v) is 3.88. The lowest BCUT2D eigenvalue weighted by atomic mass is 10.0. The Morgan fingerprint density at radius 2 is 1.67 bits per heavy atom. The molecule has 1 aliphatic rings. The van der Waals surface area contributed by atoms with Crippen LogP contribution in [0.4, 0.5) is 5.69 Å². The molecule has 1 amide bonds. The lowest BCUT2D eigenvalue weighted by molar-refractivity contribution is 0.0683. The second-order valence-electron chi connectivity index (χ2n) is 7.60. The van der Waals surface area contributed by atoms with E-state index in [1.807, 2.05) is 59.5 Å². The summed E-state index contributed by atoms with van der Waals surface area (Å²) in [6.45, 7) is 3.49. The average molecular weight is 401 g/mol. The number of amides is 1. The number of hydrogen-bond acceptors (Lipinski definition) is 3. The van der Waals surface area contributed by atoms with Gasteiger partial charge in [-0.1, -0.05) is 61.5 Å². The van der Waals surface area contributed by atoms with Gasteiger partial charge in [-0.2, -0.15) is 0 Å². The molecule has 0 saturated carbocycles. The molecule has 0 aliphatic carbocycles. The van der Waals surface area contributed by atoms with E-state index < -0.39 is 0 Å². The summed E-state index contributed by atoms with van der Waals surface area (Å²) in [5, 5.41) is 3.53. The van der Waals surface area contributed by atoms with Crippen molar-refractivity contribution in [3.05, 3.63) is 95.6 Å². The SMILES string of the molecule is CCCN1C(=O)c2ccccc2NC1c1ccc(OCCCc2ccccc2)cc1. The Balaban J connectivity index is 1.40. The van der Waals surface area contributed by atoms with E-state index in [4.69, 9.17) is 4.74 Å². The van der Waals surface area contributed by atoms with Crippen molar-refractivity contribution in [1.29, 1.82) is 0 Å². The molecule has 4 nitrogen and oxygen atoms in total. The number of fused-ring (bicyclic) bond motifs is 1. The number of anilines is 1. The predicted molar refractivity (Wildman–Crippen MR) is 121 cm³/mol. The van der Waals surface area contributed by atoms with Gasteiger partial charge < -0.3 is 15.0 Å². The van der Waals surface area contributed by atoms with Gasteiger partial charge in [-0.15, -0.1) is 0 Å². The van der Waals surface area contributed by atoms with Crippen LogP contribution in [-0.4, -0.2) is 24.0 Å². The monoisotopic (exact) mass is 400 g/mol. The van der Waals surface area contributed by atoms with Crippen molar-refractivity contribution in [2.24, 2.45) is 0 Å². The van der Waals surface area contributed by atoms with E-state index in [1.54, 1.807) is 0 Å². The third-order valence-electron chi connectivity index (χ3n) is 5.40. The third-order valence-corrected chi connectivity index (χ3v) is 5.40. The van der Waals surface area contributed by atoms with Gasteiger partial charge in [0, 0.05) is 12.2 Å². The number of rotatable bonds is 8. The summed E-state index contributed by atoms with van der Waals surface area (Å²) in [4.78, 5) is 14.9. The minimum atomic E-state index is -0.167. The number of benzene rings is 3. The first kappa shape index (κ1) is 20.0. The van der Waals surface area contributed by atoms with E-state index >= 15 is 0 Å². The molecule has 4 heteroatoms. The molecule has 4 rings (SSSR count). The van der Waals surface area contributed by atoms with Gasteiger partial charge in [-0.25, -0.2) is 0 Å². The summed E-state index contributed by atoms with van der Waals surface area (Å²) in [5.74, 6) is 0.939. The predicted octanol–water partition coefficient (Wildman–Crippen LogP) is 5.67. The fraction of sp³-hybridized carbons (Fsp3) is 0.269. The van der Waals surface area contributed by atoms with Crippen LogP contribution in [0.1, 0.15) is 47.4 Å². The number of aryl methyl sites for hydroxylation is 1. The quantitative estimate of drug-likeness (QED) is 0.495. The minimum absolute atomic E-state index is 0.0810. The normalized spacial score (nSPS) is 15.4. The molecule has 1 heterocycles. The summed E-state index contributed by atoms with van der Waals surface area (Å²) in [6.07, 6.45) is 2.73. The zero-order chi connectivity index (χ0) is 20.8. The van der Waals surface area contributed by atoms with Crippen LogP contribution in [0.15, 0.2) is 78.9 Å². The zero-order valence-corrected chi connectivity index (χ0v) is 17.4. The van der Waals surface area contributed by atoms with Crippen LogP contribution < -0.4 is 10.1 Å². The number of para-hydroxylation sites is 1. The molecular formula is C26H28N2O2. The van der Waals surface area contributed by atoms with Crippen molar-refractivity contribution >= 4 is 11.6 Å². The summed E-state index contributed by atoms with van der Waals surface area (Å²) < 4.78 is 5.92. The van der Waals surface area contributed by atoms with E-state index in [9.17, 15) is 4.79 Å². The van der Waals surface area contributed by atoms with Crippen molar-refractivity contribution < 1.29 is 9.53 Å². The van der Waals surface area contributed by atoms with Crippen LogP contribution >= 0.6 is 0 Å². The van der Waals surface area contributed by atoms with Crippen LogP contribution in [0, 0.1) is 0 Å². The highest BCUT2D eigenvalue weighted by Gasteiger charge is 2.32. The number of carbonyl (C=O) groups is 1. The topological polar surface area (TPSA) is 41.6 Å². The first-order valence-corrected chi connectivity index (χ1v) is 10.7. The van der Waals surface area contributed by atoms with Crippen LogP contribution in [0.3, 0.4) is 0 Å². The Kier molecular flexibility index (Phi) is 6.33. The molecule has 1 aliphatic heterocycles. The van der Waals surface area contributed by atoms with Gasteiger partial charge in [0.05, 0.1) is 12.2 Å². The van der Waals surface area contributed by atoms with Crippen LogP contribution in [0.25, 0.3) is 0 Å². The summed E-state index contributed by atoms with van der Waals surface area (Å²) in [7, 11) is 0. The highest BCUT2D eigenvalue weighted by Crippen LogP contribution is 2.33. The van der Waals surface area contributed by atoms with E-state index in [-0.39, 0.29) is 12.1 Å². The number of carbonyl (C=O) groups excluding carboxylic acids is 1. The Morgan fingerprint density at radius 1 is 0.933 bits per heavy atom. The number of hydrogen-bond donors (Lipinski definition) is 1. The molecule has 0 fully saturated rings. The van der Waals surface area contributed by atoms with Gasteiger partial charge in [0.2, 0.25) is 0 Å². The Morgan fingerprint density at radius 3 is 2.43 bits per heavy atom. The Hall–Kier alpha value is -3.27. The Bertz CT molecular complexity index is 970.